The van der Waals surface area contributed by atoms with Crippen LogP contribution in [0.5, 0.6) is 0 Å². The van der Waals surface area contributed by atoms with E-state index < -0.39 is 0 Å². The van der Waals surface area contributed by atoms with Crippen molar-refractivity contribution >= 4 is 0 Å². The first-order valence-electron chi connectivity index (χ1n) is 12.0. The summed E-state index contributed by atoms with van der Waals surface area (Å²) in [5.41, 5.74) is 0. The van der Waals surface area contributed by atoms with Crippen LogP contribution in [0.25, 0.3) is 0 Å². The molecule has 0 N–H and O–H groups in total. The van der Waals surface area contributed by atoms with Crippen molar-refractivity contribution in [2.24, 2.45) is 0 Å². The van der Waals surface area contributed by atoms with Gasteiger partial charge in [0.2, 0.25) is 0 Å². The second kappa shape index (κ2) is 24.2. The summed E-state index contributed by atoms with van der Waals surface area (Å²) < 4.78 is 12.0. The molecular formula is C26H48O2. The van der Waals surface area contributed by atoms with Crippen molar-refractivity contribution in [1.29, 1.82) is 0 Å². The molecule has 2 heteroatoms. The lowest BCUT2D eigenvalue weighted by atomic mass is 10.1. The van der Waals surface area contributed by atoms with Gasteiger partial charge in [-0.1, -0.05) is 89.3 Å². The van der Waals surface area contributed by atoms with E-state index in [1.165, 1.54) is 51.4 Å². The Hall–Kier alpha value is -0.860. The van der Waals surface area contributed by atoms with Crippen LogP contribution in [0.1, 0.15) is 111 Å². The van der Waals surface area contributed by atoms with Gasteiger partial charge >= 0.3 is 0 Å². The van der Waals surface area contributed by atoms with Gasteiger partial charge in [-0.15, -0.1) is 0 Å². The van der Waals surface area contributed by atoms with Crippen LogP contribution >= 0.6 is 0 Å². The van der Waals surface area contributed by atoms with Crippen LogP contribution in [0.4, 0.5) is 0 Å². The van der Waals surface area contributed by atoms with Crippen LogP contribution in [0.15, 0.2) is 36.5 Å². The SMILES string of the molecule is CCC=CC=CCCC=CCCCCCC(OCCCCC)OCCCCC. The third kappa shape index (κ3) is 21.4. The lowest BCUT2D eigenvalue weighted by Gasteiger charge is -2.18. The van der Waals surface area contributed by atoms with Gasteiger partial charge in [-0.2, -0.15) is 0 Å². The van der Waals surface area contributed by atoms with Gasteiger partial charge in [-0.25, -0.2) is 0 Å². The maximum atomic E-state index is 5.98. The summed E-state index contributed by atoms with van der Waals surface area (Å²) in [7, 11) is 0. The third-order valence-corrected chi connectivity index (χ3v) is 4.70. The Labute approximate surface area is 176 Å². The first-order valence-corrected chi connectivity index (χ1v) is 12.0. The highest BCUT2D eigenvalue weighted by molar-refractivity contribution is 5.02. The Morgan fingerprint density at radius 3 is 1.82 bits per heavy atom. The van der Waals surface area contributed by atoms with Gasteiger partial charge in [0.05, 0.1) is 0 Å². The Bertz CT molecular complexity index is 359. The fourth-order valence-electron chi connectivity index (χ4n) is 2.92. The number of rotatable bonds is 21. The predicted octanol–water partition coefficient (Wildman–Crippen LogP) is 8.54. The number of ether oxygens (including phenoxy) is 2. The van der Waals surface area contributed by atoms with Gasteiger partial charge in [0.15, 0.2) is 6.29 Å². The second-order valence-electron chi connectivity index (χ2n) is 7.54. The average molecular weight is 393 g/mol. The van der Waals surface area contributed by atoms with E-state index in [1.807, 2.05) is 0 Å². The minimum Gasteiger partial charge on any atom is -0.353 e. The molecule has 0 unspecified atom stereocenters. The first-order chi connectivity index (χ1) is 13.8. The number of hydrogen-bond donors (Lipinski definition) is 0. The van der Waals surface area contributed by atoms with Gasteiger partial charge < -0.3 is 9.47 Å². The molecule has 0 spiro atoms. The fraction of sp³-hybridized carbons (Fsp3) is 0.769. The molecule has 0 rings (SSSR count). The lowest BCUT2D eigenvalue weighted by Crippen LogP contribution is -2.19. The molecule has 2 nitrogen and oxygen atoms in total. The Kier molecular flexibility index (Phi) is 23.4. The molecule has 0 aromatic rings. The number of allylic oxidation sites excluding steroid dienone is 6. The highest BCUT2D eigenvalue weighted by Crippen LogP contribution is 2.12. The van der Waals surface area contributed by atoms with Crippen LogP contribution in [0.2, 0.25) is 0 Å². The van der Waals surface area contributed by atoms with Crippen molar-refractivity contribution in [2.75, 3.05) is 13.2 Å². The summed E-state index contributed by atoms with van der Waals surface area (Å²) in [5.74, 6) is 0. The highest BCUT2D eigenvalue weighted by Gasteiger charge is 2.08. The molecule has 0 aromatic carbocycles. The van der Waals surface area contributed by atoms with Crippen LogP contribution in [0, 0.1) is 0 Å². The minimum atomic E-state index is 0.0119. The summed E-state index contributed by atoms with van der Waals surface area (Å²) in [4.78, 5) is 0. The molecule has 0 radical (unpaired) electrons. The van der Waals surface area contributed by atoms with E-state index in [0.29, 0.717) is 0 Å². The zero-order chi connectivity index (χ0) is 20.5. The minimum absolute atomic E-state index is 0.0119. The molecule has 0 aliphatic heterocycles. The Morgan fingerprint density at radius 1 is 0.571 bits per heavy atom. The van der Waals surface area contributed by atoms with E-state index in [2.05, 4.69) is 57.2 Å². The smallest absolute Gasteiger partial charge is 0.157 e. The maximum absolute atomic E-state index is 5.98. The lowest BCUT2D eigenvalue weighted by molar-refractivity contribution is -0.148. The molecule has 0 saturated heterocycles. The zero-order valence-corrected chi connectivity index (χ0v) is 19.2. The predicted molar refractivity (Wildman–Crippen MR) is 125 cm³/mol. The quantitative estimate of drug-likeness (QED) is 0.0843. The van der Waals surface area contributed by atoms with E-state index in [4.69, 9.17) is 9.47 Å². The highest BCUT2D eigenvalue weighted by atomic mass is 16.7. The summed E-state index contributed by atoms with van der Waals surface area (Å²) in [5, 5.41) is 0. The molecule has 164 valence electrons. The Morgan fingerprint density at radius 2 is 1.18 bits per heavy atom. The van der Waals surface area contributed by atoms with E-state index >= 15 is 0 Å². The summed E-state index contributed by atoms with van der Waals surface area (Å²) in [6.07, 6.45) is 30.1. The van der Waals surface area contributed by atoms with Crippen LogP contribution < -0.4 is 0 Å². The van der Waals surface area contributed by atoms with Crippen molar-refractivity contribution in [3.63, 3.8) is 0 Å². The molecule has 0 aliphatic carbocycles. The normalized spacial score (nSPS) is 12.4. The zero-order valence-electron chi connectivity index (χ0n) is 19.2. The van der Waals surface area contributed by atoms with Crippen molar-refractivity contribution in [1.82, 2.24) is 0 Å². The van der Waals surface area contributed by atoms with E-state index in [9.17, 15) is 0 Å². The van der Waals surface area contributed by atoms with Gasteiger partial charge in [0, 0.05) is 13.2 Å². The summed E-state index contributed by atoms with van der Waals surface area (Å²) >= 11 is 0. The molecule has 0 amide bonds. The van der Waals surface area contributed by atoms with Crippen LogP contribution in [-0.2, 0) is 9.47 Å². The van der Waals surface area contributed by atoms with Gasteiger partial charge in [-0.05, 0) is 57.8 Å². The molecule has 0 aromatic heterocycles. The van der Waals surface area contributed by atoms with Crippen molar-refractivity contribution in [3.8, 4) is 0 Å². The monoisotopic (exact) mass is 392 g/mol. The fourth-order valence-corrected chi connectivity index (χ4v) is 2.92. The van der Waals surface area contributed by atoms with Crippen molar-refractivity contribution in [3.05, 3.63) is 36.5 Å². The standard InChI is InChI=1S/C26H48O2/c1-4-7-10-11-12-13-14-15-16-17-18-19-20-23-26(27-24-21-8-5-2)28-25-22-9-6-3/h7,10-12,15-16,26H,4-6,8-9,13-14,17-25H2,1-3H3. The molecule has 0 fully saturated rings. The van der Waals surface area contributed by atoms with E-state index in [1.54, 1.807) is 0 Å². The largest absolute Gasteiger partial charge is 0.353 e. The van der Waals surface area contributed by atoms with Crippen molar-refractivity contribution < 1.29 is 9.47 Å². The topological polar surface area (TPSA) is 18.5 Å². The second-order valence-corrected chi connectivity index (χ2v) is 7.54. The number of unbranched alkanes of at least 4 members (excludes halogenated alkanes) is 8. The molecule has 0 saturated carbocycles. The van der Waals surface area contributed by atoms with Gasteiger partial charge in [0.25, 0.3) is 0 Å². The molecule has 0 atom stereocenters. The maximum Gasteiger partial charge on any atom is 0.157 e. The van der Waals surface area contributed by atoms with Crippen molar-refractivity contribution in [2.45, 2.75) is 117 Å². The van der Waals surface area contributed by atoms with Gasteiger partial charge in [0.1, 0.15) is 0 Å². The molecule has 0 aliphatic rings. The molecular weight excluding hydrogens is 344 g/mol. The van der Waals surface area contributed by atoms with E-state index in [-0.39, 0.29) is 6.29 Å². The van der Waals surface area contributed by atoms with Crippen LogP contribution in [0.3, 0.4) is 0 Å². The average Bonchev–Trinajstić information content (AvgIpc) is 2.71. The Balaban J connectivity index is 3.72. The van der Waals surface area contributed by atoms with E-state index in [0.717, 1.165) is 51.7 Å². The molecule has 0 bridgehead atoms. The van der Waals surface area contributed by atoms with Crippen LogP contribution in [-0.4, -0.2) is 19.5 Å². The number of hydrogen-bond acceptors (Lipinski definition) is 2. The van der Waals surface area contributed by atoms with Gasteiger partial charge in [-0.3, -0.25) is 0 Å². The summed E-state index contributed by atoms with van der Waals surface area (Å²) in [6, 6.07) is 0. The first kappa shape index (κ1) is 27.1. The summed E-state index contributed by atoms with van der Waals surface area (Å²) in [6.45, 7) is 8.31. The third-order valence-electron chi connectivity index (χ3n) is 4.70. The molecule has 28 heavy (non-hydrogen) atoms. The molecule has 0 heterocycles.